The van der Waals surface area contributed by atoms with Gasteiger partial charge in [-0.3, -0.25) is 9.69 Å². The number of fused-ring (bicyclic) bond motifs is 1. The average molecular weight is 455 g/mol. The first-order chi connectivity index (χ1) is 15.0. The number of benzene rings is 2. The van der Waals surface area contributed by atoms with Crippen molar-refractivity contribution in [3.8, 4) is 0 Å². The summed E-state index contributed by atoms with van der Waals surface area (Å²) in [4.78, 5) is 21.5. The Morgan fingerprint density at radius 3 is 2.74 bits per heavy atom. The first kappa shape index (κ1) is 22.3. The lowest BCUT2D eigenvalue weighted by Gasteiger charge is -2.23. The Morgan fingerprint density at radius 1 is 1.26 bits per heavy atom. The molecule has 1 aliphatic rings. The largest absolute Gasteiger partial charge is 0.376 e. The number of carbonyl (C=O) groups is 1. The van der Waals surface area contributed by atoms with E-state index in [1.807, 2.05) is 16.7 Å². The number of hydrogen-bond donors (Lipinski definition) is 0. The zero-order chi connectivity index (χ0) is 21.8. The Hall–Kier alpha value is -1.89. The van der Waals surface area contributed by atoms with Gasteiger partial charge in [-0.15, -0.1) is 11.8 Å². The lowest BCUT2D eigenvalue weighted by molar-refractivity contribution is -0.118. The molecule has 1 amide bonds. The Morgan fingerprint density at radius 2 is 2.06 bits per heavy atom. The molecule has 1 saturated heterocycles. The van der Waals surface area contributed by atoms with Crippen molar-refractivity contribution in [2.45, 2.75) is 57.0 Å². The molecule has 0 N–H and O–H groups in total. The molecule has 164 valence electrons. The number of nitrogens with zero attached hydrogens (tertiary/aromatic N) is 2. The van der Waals surface area contributed by atoms with Gasteiger partial charge in [0, 0.05) is 11.5 Å². The summed E-state index contributed by atoms with van der Waals surface area (Å²) in [6.07, 6.45) is 2.51. The quantitative estimate of drug-likeness (QED) is 0.375. The summed E-state index contributed by atoms with van der Waals surface area (Å²) < 4.78 is 7.00. The zero-order valence-corrected chi connectivity index (χ0v) is 20.1. The van der Waals surface area contributed by atoms with Gasteiger partial charge < -0.3 is 4.74 Å². The number of carbonyl (C=O) groups excluding carboxylic acids is 1. The summed E-state index contributed by atoms with van der Waals surface area (Å²) in [5, 5.41) is 0.779. The molecule has 3 aromatic rings. The topological polar surface area (TPSA) is 42.4 Å². The van der Waals surface area contributed by atoms with Gasteiger partial charge in [-0.25, -0.2) is 4.98 Å². The summed E-state index contributed by atoms with van der Waals surface area (Å²) in [7, 11) is 0. The van der Waals surface area contributed by atoms with Crippen LogP contribution >= 0.6 is 23.1 Å². The molecule has 1 unspecified atom stereocenters. The summed E-state index contributed by atoms with van der Waals surface area (Å²) in [5.74, 6) is 1.51. The van der Waals surface area contributed by atoms with Gasteiger partial charge in [0.2, 0.25) is 5.91 Å². The molecule has 1 aromatic heterocycles. The molecule has 0 aliphatic carbocycles. The van der Waals surface area contributed by atoms with Crippen LogP contribution in [0.4, 0.5) is 5.13 Å². The third-order valence-corrected chi connectivity index (χ3v) is 7.53. The molecule has 2 aromatic carbocycles. The number of thioether (sulfide) groups is 1. The minimum Gasteiger partial charge on any atom is -0.376 e. The summed E-state index contributed by atoms with van der Waals surface area (Å²) in [5.41, 5.74) is 3.28. The zero-order valence-electron chi connectivity index (χ0n) is 18.5. The number of anilines is 1. The minimum absolute atomic E-state index is 0.0801. The molecule has 6 heteroatoms. The number of hydrogen-bond acceptors (Lipinski definition) is 5. The molecule has 4 nitrogen and oxygen atoms in total. The molecule has 0 radical (unpaired) electrons. The average Bonchev–Trinajstić information content (AvgIpc) is 3.42. The van der Waals surface area contributed by atoms with Crippen LogP contribution in [0.5, 0.6) is 0 Å². The van der Waals surface area contributed by atoms with E-state index in [1.54, 1.807) is 11.3 Å². The van der Waals surface area contributed by atoms with Crippen molar-refractivity contribution in [2.75, 3.05) is 23.8 Å². The van der Waals surface area contributed by atoms with Gasteiger partial charge in [0.15, 0.2) is 5.13 Å². The highest BCUT2D eigenvalue weighted by Crippen LogP contribution is 2.34. The van der Waals surface area contributed by atoms with Crippen molar-refractivity contribution in [1.82, 2.24) is 4.98 Å². The van der Waals surface area contributed by atoms with E-state index in [0.717, 1.165) is 46.1 Å². The first-order valence-electron chi connectivity index (χ1n) is 11.1. The molecule has 1 fully saturated rings. The first-order valence-corrected chi connectivity index (χ1v) is 12.9. The molecule has 2 heterocycles. The van der Waals surface area contributed by atoms with Crippen molar-refractivity contribution in [1.29, 1.82) is 0 Å². The monoisotopic (exact) mass is 454 g/mol. The van der Waals surface area contributed by atoms with Crippen molar-refractivity contribution in [3.05, 3.63) is 53.6 Å². The predicted octanol–water partition coefficient (Wildman–Crippen LogP) is 6.29. The molecular weight excluding hydrogens is 424 g/mol. The fourth-order valence-corrected chi connectivity index (χ4v) is 5.65. The second-order valence-electron chi connectivity index (χ2n) is 8.24. The van der Waals surface area contributed by atoms with Crippen LogP contribution in [0.15, 0.2) is 47.4 Å². The van der Waals surface area contributed by atoms with Gasteiger partial charge in [-0.1, -0.05) is 56.4 Å². The number of aromatic nitrogens is 1. The molecule has 0 bridgehead atoms. The van der Waals surface area contributed by atoms with E-state index in [-0.39, 0.29) is 12.0 Å². The van der Waals surface area contributed by atoms with Crippen LogP contribution in [0.3, 0.4) is 0 Å². The third kappa shape index (κ3) is 5.30. The number of amides is 1. The number of rotatable bonds is 8. The van der Waals surface area contributed by atoms with E-state index >= 15 is 0 Å². The molecule has 0 spiro atoms. The summed E-state index contributed by atoms with van der Waals surface area (Å²) >= 11 is 3.42. The maximum absolute atomic E-state index is 13.4. The van der Waals surface area contributed by atoms with E-state index in [2.05, 4.69) is 63.2 Å². The van der Waals surface area contributed by atoms with Gasteiger partial charge in [0.25, 0.3) is 0 Å². The standard InChI is InChI=1S/C25H30N2O2S2/c1-4-30-20-12-10-18(11-13-20)15-23(28)27(16-19-7-6-14-29-19)25-26-24-21(17(2)3)8-5-9-22(24)31-25/h5,8-13,17,19H,4,6-7,14-16H2,1-3H3. The SMILES string of the molecule is CCSc1ccc(CC(=O)N(CC2CCCO2)c2nc3c(C(C)C)cccc3s2)cc1. The minimum atomic E-state index is 0.0801. The number of thiazole rings is 1. The van der Waals surface area contributed by atoms with Crippen LogP contribution < -0.4 is 4.90 Å². The molecular formula is C25H30N2O2S2. The third-order valence-electron chi connectivity index (χ3n) is 5.59. The number of para-hydroxylation sites is 1. The van der Waals surface area contributed by atoms with Crippen LogP contribution in [-0.2, 0) is 16.0 Å². The molecule has 1 atom stereocenters. The Labute approximate surface area is 193 Å². The van der Waals surface area contributed by atoms with Crippen LogP contribution in [0.1, 0.15) is 50.7 Å². The van der Waals surface area contributed by atoms with Gasteiger partial charge in [-0.05, 0) is 53.8 Å². The maximum Gasteiger partial charge on any atom is 0.233 e. The van der Waals surface area contributed by atoms with Crippen molar-refractivity contribution >= 4 is 44.4 Å². The fraction of sp³-hybridized carbons (Fsp3) is 0.440. The van der Waals surface area contributed by atoms with Crippen LogP contribution in [-0.4, -0.2) is 35.9 Å². The van der Waals surface area contributed by atoms with Crippen LogP contribution in [0.25, 0.3) is 10.2 Å². The van der Waals surface area contributed by atoms with Gasteiger partial charge in [0.1, 0.15) is 0 Å². The number of ether oxygens (including phenoxy) is 1. The molecule has 4 rings (SSSR count). The fourth-order valence-electron chi connectivity index (χ4n) is 3.96. The molecule has 0 saturated carbocycles. The second-order valence-corrected chi connectivity index (χ2v) is 10.6. The highest BCUT2D eigenvalue weighted by atomic mass is 32.2. The van der Waals surface area contributed by atoms with Crippen LogP contribution in [0, 0.1) is 0 Å². The van der Waals surface area contributed by atoms with Gasteiger partial charge in [0.05, 0.1) is 29.3 Å². The summed E-state index contributed by atoms with van der Waals surface area (Å²) in [6, 6.07) is 14.7. The maximum atomic E-state index is 13.4. The van der Waals surface area contributed by atoms with E-state index < -0.39 is 0 Å². The van der Waals surface area contributed by atoms with Gasteiger partial charge in [-0.2, -0.15) is 0 Å². The van der Waals surface area contributed by atoms with E-state index in [4.69, 9.17) is 9.72 Å². The van der Waals surface area contributed by atoms with Crippen LogP contribution in [0.2, 0.25) is 0 Å². The predicted molar refractivity (Wildman–Crippen MR) is 132 cm³/mol. The second kappa shape index (κ2) is 10.2. The van der Waals surface area contributed by atoms with E-state index in [0.29, 0.717) is 18.9 Å². The van der Waals surface area contributed by atoms with E-state index in [1.165, 1.54) is 10.5 Å². The Kier molecular flexibility index (Phi) is 7.31. The lowest BCUT2D eigenvalue weighted by Crippen LogP contribution is -2.38. The van der Waals surface area contributed by atoms with E-state index in [9.17, 15) is 4.79 Å². The highest BCUT2D eigenvalue weighted by Gasteiger charge is 2.26. The Balaban J connectivity index is 1.61. The summed E-state index contributed by atoms with van der Waals surface area (Å²) in [6.45, 7) is 7.86. The lowest BCUT2D eigenvalue weighted by atomic mass is 10.0. The van der Waals surface area contributed by atoms with Crippen molar-refractivity contribution in [3.63, 3.8) is 0 Å². The van der Waals surface area contributed by atoms with Crippen molar-refractivity contribution in [2.24, 2.45) is 0 Å². The highest BCUT2D eigenvalue weighted by molar-refractivity contribution is 7.99. The van der Waals surface area contributed by atoms with Gasteiger partial charge >= 0.3 is 0 Å². The molecule has 31 heavy (non-hydrogen) atoms. The smallest absolute Gasteiger partial charge is 0.233 e. The Bertz CT molecular complexity index is 1020. The van der Waals surface area contributed by atoms with Crippen molar-refractivity contribution < 1.29 is 9.53 Å². The normalized spacial score (nSPS) is 16.3. The molecule has 1 aliphatic heterocycles.